The predicted octanol–water partition coefficient (Wildman–Crippen LogP) is 4.62. The van der Waals surface area contributed by atoms with Crippen LogP contribution in [0.1, 0.15) is 24.4 Å². The number of nitrogens with one attached hydrogen (secondary N) is 2. The second-order valence-electron chi connectivity index (χ2n) is 4.23. The number of hydrogen-bond donors (Lipinski definition) is 2. The molecular formula is C15H15ClN4OS2. The van der Waals surface area contributed by atoms with Crippen molar-refractivity contribution in [3.05, 3.63) is 40.1 Å². The molecule has 0 radical (unpaired) electrons. The Hall–Kier alpha value is -1.88. The average molecular weight is 367 g/mol. The number of nitrogens with zero attached hydrogens (tertiary/aromatic N) is 2. The van der Waals surface area contributed by atoms with Crippen molar-refractivity contribution in [2.24, 2.45) is 0 Å². The summed E-state index contributed by atoms with van der Waals surface area (Å²) in [5.41, 5.74) is 1.74. The van der Waals surface area contributed by atoms with Crippen molar-refractivity contribution in [1.82, 2.24) is 9.97 Å². The zero-order chi connectivity index (χ0) is 17.0. The fraction of sp³-hybridized carbons (Fsp3) is 0.200. The second-order valence-corrected chi connectivity index (χ2v) is 7.31. The van der Waals surface area contributed by atoms with Crippen molar-refractivity contribution >= 4 is 50.5 Å². The smallest absolute Gasteiger partial charge is 0.162 e. The molecule has 0 saturated carbocycles. The number of anilines is 1. The SMILES string of the molecule is CC.Cc1ncc(S(=O)Nc2ccc(Cl)c3c(C#N)c[nH]c23)s1. The Bertz CT molecular complexity index is 895. The quantitative estimate of drug-likeness (QED) is 0.709. The Labute approximate surface area is 145 Å². The highest BCUT2D eigenvalue weighted by Gasteiger charge is 2.14. The topological polar surface area (TPSA) is 81.6 Å². The minimum Gasteiger partial charge on any atom is -0.358 e. The molecule has 0 aliphatic rings. The summed E-state index contributed by atoms with van der Waals surface area (Å²) >= 11 is 7.50. The van der Waals surface area contributed by atoms with E-state index in [4.69, 9.17) is 16.9 Å². The molecule has 2 N–H and O–H groups in total. The van der Waals surface area contributed by atoms with Crippen LogP contribution in [0.3, 0.4) is 0 Å². The molecule has 0 saturated heterocycles. The van der Waals surface area contributed by atoms with E-state index < -0.39 is 11.0 Å². The first-order chi connectivity index (χ1) is 11.1. The van der Waals surface area contributed by atoms with Gasteiger partial charge in [0.2, 0.25) is 0 Å². The zero-order valence-electron chi connectivity index (χ0n) is 12.8. The predicted molar refractivity (Wildman–Crippen MR) is 96.3 cm³/mol. The molecule has 1 unspecified atom stereocenters. The summed E-state index contributed by atoms with van der Waals surface area (Å²) in [6.45, 7) is 5.86. The van der Waals surface area contributed by atoms with Crippen LogP contribution in [-0.2, 0) is 11.0 Å². The number of halogens is 1. The first kappa shape index (κ1) is 17.5. The fourth-order valence-electron chi connectivity index (χ4n) is 1.96. The molecule has 0 spiro atoms. The molecule has 2 aromatic heterocycles. The lowest BCUT2D eigenvalue weighted by Crippen LogP contribution is -2.03. The van der Waals surface area contributed by atoms with Crippen molar-refractivity contribution in [2.75, 3.05) is 4.72 Å². The van der Waals surface area contributed by atoms with Crippen molar-refractivity contribution in [3.8, 4) is 6.07 Å². The Morgan fingerprint density at radius 2 is 2.17 bits per heavy atom. The Kier molecular flexibility index (Phi) is 5.77. The maximum Gasteiger partial charge on any atom is 0.162 e. The van der Waals surface area contributed by atoms with Gasteiger partial charge in [-0.2, -0.15) is 5.26 Å². The van der Waals surface area contributed by atoms with Gasteiger partial charge in [-0.3, -0.25) is 4.72 Å². The third kappa shape index (κ3) is 3.55. The molecule has 8 heteroatoms. The van der Waals surface area contributed by atoms with Gasteiger partial charge in [0.15, 0.2) is 11.0 Å². The van der Waals surface area contributed by atoms with Crippen LogP contribution in [0.2, 0.25) is 5.02 Å². The number of nitriles is 1. The molecule has 0 bridgehead atoms. The number of aromatic nitrogens is 2. The summed E-state index contributed by atoms with van der Waals surface area (Å²) in [6, 6.07) is 5.49. The summed E-state index contributed by atoms with van der Waals surface area (Å²) in [6.07, 6.45) is 3.17. The van der Waals surface area contributed by atoms with Gasteiger partial charge in [-0.15, -0.1) is 11.3 Å². The lowest BCUT2D eigenvalue weighted by Gasteiger charge is -2.06. The van der Waals surface area contributed by atoms with Gasteiger partial charge in [0.1, 0.15) is 10.3 Å². The van der Waals surface area contributed by atoms with Crippen molar-refractivity contribution in [3.63, 3.8) is 0 Å². The van der Waals surface area contributed by atoms with Crippen LogP contribution in [0, 0.1) is 18.3 Å². The number of H-pyrrole nitrogens is 1. The van der Waals surface area contributed by atoms with Gasteiger partial charge in [0.05, 0.1) is 33.0 Å². The van der Waals surface area contributed by atoms with Crippen LogP contribution < -0.4 is 4.72 Å². The minimum absolute atomic E-state index is 0.457. The Morgan fingerprint density at radius 3 is 2.78 bits per heavy atom. The normalized spacial score (nSPS) is 11.4. The molecule has 3 aromatic rings. The van der Waals surface area contributed by atoms with Crippen LogP contribution in [0.25, 0.3) is 10.9 Å². The summed E-state index contributed by atoms with van der Waals surface area (Å²) in [5.74, 6) is 0. The van der Waals surface area contributed by atoms with Crippen LogP contribution in [0.15, 0.2) is 28.7 Å². The summed E-state index contributed by atoms with van der Waals surface area (Å²) in [7, 11) is -1.41. The largest absolute Gasteiger partial charge is 0.358 e. The van der Waals surface area contributed by atoms with Gasteiger partial charge >= 0.3 is 0 Å². The average Bonchev–Trinajstić information content (AvgIpc) is 3.18. The van der Waals surface area contributed by atoms with E-state index in [2.05, 4.69) is 20.8 Å². The summed E-state index contributed by atoms with van der Waals surface area (Å²) in [5, 5.41) is 11.0. The standard InChI is InChI=1S/C13H9ClN4OS2.C2H6/c1-7-16-6-11(20-7)21(19)18-10-3-2-9(14)12-8(4-15)5-17-13(10)12;1-2/h2-3,5-6,17-18H,1H3;1-2H3. The minimum atomic E-state index is -1.41. The molecule has 23 heavy (non-hydrogen) atoms. The van der Waals surface area contributed by atoms with Crippen molar-refractivity contribution in [1.29, 1.82) is 5.26 Å². The molecule has 5 nitrogen and oxygen atoms in total. The molecule has 0 aliphatic carbocycles. The first-order valence-electron chi connectivity index (χ1n) is 6.90. The lowest BCUT2D eigenvalue weighted by atomic mass is 10.1. The van der Waals surface area contributed by atoms with E-state index in [0.717, 1.165) is 5.01 Å². The van der Waals surface area contributed by atoms with E-state index in [-0.39, 0.29) is 0 Å². The number of aryl methyl sites for hydroxylation is 1. The number of thiazole rings is 1. The van der Waals surface area contributed by atoms with Crippen LogP contribution >= 0.6 is 22.9 Å². The van der Waals surface area contributed by atoms with Gasteiger partial charge in [-0.05, 0) is 19.1 Å². The van der Waals surface area contributed by atoms with Gasteiger partial charge < -0.3 is 4.98 Å². The lowest BCUT2D eigenvalue weighted by molar-refractivity contribution is 0.687. The third-order valence-corrected chi connectivity index (χ3v) is 5.49. The molecular weight excluding hydrogens is 352 g/mol. The van der Waals surface area contributed by atoms with E-state index in [1.54, 1.807) is 24.5 Å². The first-order valence-corrected chi connectivity index (χ1v) is 9.25. The second kappa shape index (κ2) is 7.59. The molecule has 1 atom stereocenters. The summed E-state index contributed by atoms with van der Waals surface area (Å²) < 4.78 is 15.9. The number of rotatable bonds is 3. The molecule has 0 amide bonds. The molecule has 3 rings (SSSR count). The van der Waals surface area contributed by atoms with Gasteiger partial charge in [-0.25, -0.2) is 9.19 Å². The molecule has 0 aliphatic heterocycles. The van der Waals surface area contributed by atoms with E-state index in [1.807, 2.05) is 20.8 Å². The molecule has 1 aromatic carbocycles. The van der Waals surface area contributed by atoms with E-state index >= 15 is 0 Å². The van der Waals surface area contributed by atoms with Crippen molar-refractivity contribution in [2.45, 2.75) is 25.0 Å². The number of benzene rings is 1. The molecule has 0 fully saturated rings. The highest BCUT2D eigenvalue weighted by Crippen LogP contribution is 2.32. The molecule has 120 valence electrons. The van der Waals surface area contributed by atoms with Gasteiger partial charge in [0, 0.05) is 11.6 Å². The van der Waals surface area contributed by atoms with E-state index in [9.17, 15) is 4.21 Å². The Morgan fingerprint density at radius 1 is 1.43 bits per heavy atom. The van der Waals surface area contributed by atoms with Crippen LogP contribution in [0.5, 0.6) is 0 Å². The zero-order valence-corrected chi connectivity index (χ0v) is 15.2. The fourth-order valence-corrected chi connectivity index (χ4v) is 4.13. The van der Waals surface area contributed by atoms with Gasteiger partial charge in [0.25, 0.3) is 0 Å². The van der Waals surface area contributed by atoms with Gasteiger partial charge in [-0.1, -0.05) is 25.4 Å². The van der Waals surface area contributed by atoms with E-state index in [0.29, 0.717) is 31.4 Å². The van der Waals surface area contributed by atoms with Crippen LogP contribution in [-0.4, -0.2) is 14.2 Å². The molecule has 2 heterocycles. The maximum atomic E-state index is 12.3. The highest BCUT2D eigenvalue weighted by molar-refractivity contribution is 7.88. The Balaban J connectivity index is 0.000000924. The third-order valence-electron chi connectivity index (χ3n) is 2.89. The van der Waals surface area contributed by atoms with E-state index in [1.165, 1.54) is 11.3 Å². The number of aromatic amines is 1. The maximum absolute atomic E-state index is 12.3. The van der Waals surface area contributed by atoms with Crippen molar-refractivity contribution < 1.29 is 4.21 Å². The monoisotopic (exact) mass is 366 g/mol. The number of fused-ring (bicyclic) bond motifs is 1. The van der Waals surface area contributed by atoms with Crippen LogP contribution in [0.4, 0.5) is 5.69 Å². The highest BCUT2D eigenvalue weighted by atomic mass is 35.5. The summed E-state index contributed by atoms with van der Waals surface area (Å²) in [4.78, 5) is 7.08. The number of hydrogen-bond acceptors (Lipinski definition) is 4.